The van der Waals surface area contributed by atoms with Crippen LogP contribution in [0.1, 0.15) is 21.9 Å². The maximum absolute atomic E-state index is 12.5. The maximum Gasteiger partial charge on any atom is 0.319 e. The molecule has 31 heavy (non-hydrogen) atoms. The second kappa shape index (κ2) is 9.44. The molecular formula is C23H25N5O3. The monoisotopic (exact) mass is 419 g/mol. The van der Waals surface area contributed by atoms with E-state index in [4.69, 9.17) is 4.74 Å². The molecule has 2 aromatic carbocycles. The molecule has 8 nitrogen and oxygen atoms in total. The topological polar surface area (TPSA) is 88.5 Å². The largest absolute Gasteiger partial charge is 0.378 e. The average Bonchev–Trinajstić information content (AvgIpc) is 3.19. The molecule has 2 heterocycles. The third-order valence-electron chi connectivity index (χ3n) is 5.14. The molecule has 0 saturated carbocycles. The maximum atomic E-state index is 12.5. The molecule has 2 N–H and O–H groups in total. The van der Waals surface area contributed by atoms with Crippen LogP contribution in [-0.2, 0) is 11.3 Å². The predicted octanol–water partition coefficient (Wildman–Crippen LogP) is 2.97. The van der Waals surface area contributed by atoms with Gasteiger partial charge in [0.1, 0.15) is 5.82 Å². The third-order valence-corrected chi connectivity index (χ3v) is 5.14. The van der Waals surface area contributed by atoms with Crippen molar-refractivity contribution in [2.45, 2.75) is 13.5 Å². The van der Waals surface area contributed by atoms with Gasteiger partial charge >= 0.3 is 6.03 Å². The van der Waals surface area contributed by atoms with Gasteiger partial charge in [0.05, 0.1) is 31.6 Å². The standard InChI is InChI=1S/C23H25N5O3/c1-17-24-15-21(28(17)20-5-3-2-4-6-20)16-25-23(30)26-19-9-7-18(8-10-19)22(29)27-11-13-31-14-12-27/h2-10,15H,11-14,16H2,1H3,(H2,25,26,30). The van der Waals surface area contributed by atoms with Crippen molar-refractivity contribution in [1.82, 2.24) is 19.8 Å². The van der Waals surface area contributed by atoms with E-state index in [1.165, 1.54) is 0 Å². The summed E-state index contributed by atoms with van der Waals surface area (Å²) in [5.74, 6) is 0.827. The van der Waals surface area contributed by atoms with Crippen molar-refractivity contribution < 1.29 is 14.3 Å². The van der Waals surface area contributed by atoms with Crippen molar-refractivity contribution in [2.75, 3.05) is 31.6 Å². The first-order valence-corrected chi connectivity index (χ1v) is 10.2. The predicted molar refractivity (Wildman–Crippen MR) is 117 cm³/mol. The van der Waals surface area contributed by atoms with E-state index in [1.54, 1.807) is 35.4 Å². The van der Waals surface area contributed by atoms with Gasteiger partial charge < -0.3 is 20.3 Å². The Morgan fingerprint density at radius 2 is 1.74 bits per heavy atom. The minimum atomic E-state index is -0.328. The van der Waals surface area contributed by atoms with Crippen molar-refractivity contribution in [3.05, 3.63) is 77.9 Å². The van der Waals surface area contributed by atoms with Crippen LogP contribution >= 0.6 is 0 Å². The van der Waals surface area contributed by atoms with Gasteiger partial charge in [-0.2, -0.15) is 0 Å². The number of morpholine rings is 1. The molecule has 1 aromatic heterocycles. The summed E-state index contributed by atoms with van der Waals surface area (Å²) in [5.41, 5.74) is 3.08. The Labute approximate surface area is 180 Å². The molecule has 1 aliphatic heterocycles. The van der Waals surface area contributed by atoms with Crippen LogP contribution in [0, 0.1) is 6.92 Å². The number of imidazole rings is 1. The molecular weight excluding hydrogens is 394 g/mol. The van der Waals surface area contributed by atoms with Crippen molar-refractivity contribution in [1.29, 1.82) is 0 Å². The van der Waals surface area contributed by atoms with Crippen LogP contribution < -0.4 is 10.6 Å². The van der Waals surface area contributed by atoms with E-state index in [2.05, 4.69) is 15.6 Å². The fourth-order valence-electron chi connectivity index (χ4n) is 3.54. The fourth-order valence-corrected chi connectivity index (χ4v) is 3.54. The summed E-state index contributed by atoms with van der Waals surface area (Å²) in [6.07, 6.45) is 1.76. The Morgan fingerprint density at radius 1 is 1.03 bits per heavy atom. The lowest BCUT2D eigenvalue weighted by Crippen LogP contribution is -2.40. The van der Waals surface area contributed by atoms with Gasteiger partial charge in [0, 0.05) is 30.0 Å². The number of aromatic nitrogens is 2. The van der Waals surface area contributed by atoms with Crippen molar-refractivity contribution in [3.8, 4) is 5.69 Å². The SMILES string of the molecule is Cc1ncc(CNC(=O)Nc2ccc(C(=O)N3CCOCC3)cc2)n1-c1ccccc1. The minimum Gasteiger partial charge on any atom is -0.378 e. The number of hydrogen-bond donors (Lipinski definition) is 2. The van der Waals surface area contributed by atoms with Gasteiger partial charge in [-0.05, 0) is 43.3 Å². The molecule has 1 saturated heterocycles. The van der Waals surface area contributed by atoms with Crippen LogP contribution in [0.25, 0.3) is 5.69 Å². The number of nitrogens with zero attached hydrogens (tertiary/aromatic N) is 3. The first-order valence-electron chi connectivity index (χ1n) is 10.2. The molecule has 0 bridgehead atoms. The van der Waals surface area contributed by atoms with Gasteiger partial charge in [-0.25, -0.2) is 9.78 Å². The first-order chi connectivity index (χ1) is 15.1. The van der Waals surface area contributed by atoms with Crippen LogP contribution in [0.5, 0.6) is 0 Å². The minimum absolute atomic E-state index is 0.0242. The zero-order valence-corrected chi connectivity index (χ0v) is 17.4. The Hall–Kier alpha value is -3.65. The second-order valence-electron chi connectivity index (χ2n) is 7.26. The molecule has 160 valence electrons. The smallest absolute Gasteiger partial charge is 0.319 e. The van der Waals surface area contributed by atoms with E-state index in [1.807, 2.05) is 41.8 Å². The summed E-state index contributed by atoms with van der Waals surface area (Å²) < 4.78 is 7.29. The highest BCUT2D eigenvalue weighted by Crippen LogP contribution is 2.15. The summed E-state index contributed by atoms with van der Waals surface area (Å²) >= 11 is 0. The zero-order chi connectivity index (χ0) is 21.6. The molecule has 0 aliphatic carbocycles. The number of benzene rings is 2. The average molecular weight is 419 g/mol. The summed E-state index contributed by atoms with van der Waals surface area (Å²) in [7, 11) is 0. The molecule has 0 radical (unpaired) electrons. The number of para-hydroxylation sites is 1. The highest BCUT2D eigenvalue weighted by molar-refractivity contribution is 5.95. The lowest BCUT2D eigenvalue weighted by molar-refractivity contribution is 0.0303. The van der Waals surface area contributed by atoms with Crippen molar-refractivity contribution >= 4 is 17.6 Å². The number of carbonyl (C=O) groups excluding carboxylic acids is 2. The van der Waals surface area contributed by atoms with Gasteiger partial charge in [0.15, 0.2) is 0 Å². The van der Waals surface area contributed by atoms with Gasteiger partial charge in [0.2, 0.25) is 0 Å². The number of aryl methyl sites for hydroxylation is 1. The fraction of sp³-hybridized carbons (Fsp3) is 0.261. The lowest BCUT2D eigenvalue weighted by Gasteiger charge is -2.26. The number of anilines is 1. The highest BCUT2D eigenvalue weighted by Gasteiger charge is 2.18. The van der Waals surface area contributed by atoms with Crippen LogP contribution in [0.15, 0.2) is 60.8 Å². The van der Waals surface area contributed by atoms with Crippen LogP contribution in [0.3, 0.4) is 0 Å². The van der Waals surface area contributed by atoms with Gasteiger partial charge in [-0.15, -0.1) is 0 Å². The lowest BCUT2D eigenvalue weighted by atomic mass is 10.1. The number of urea groups is 1. The second-order valence-corrected chi connectivity index (χ2v) is 7.26. The van der Waals surface area contributed by atoms with Crippen molar-refractivity contribution in [3.63, 3.8) is 0 Å². The first kappa shape index (κ1) is 20.6. The van der Waals surface area contributed by atoms with E-state index >= 15 is 0 Å². The number of ether oxygens (including phenoxy) is 1. The highest BCUT2D eigenvalue weighted by atomic mass is 16.5. The zero-order valence-electron chi connectivity index (χ0n) is 17.4. The molecule has 1 aliphatic rings. The normalized spacial score (nSPS) is 13.6. The molecule has 4 rings (SSSR count). The number of carbonyl (C=O) groups is 2. The molecule has 3 aromatic rings. The van der Waals surface area contributed by atoms with Gasteiger partial charge in [-0.3, -0.25) is 9.36 Å². The summed E-state index contributed by atoms with van der Waals surface area (Å²) in [6, 6.07) is 16.5. The van der Waals surface area contributed by atoms with Crippen molar-refractivity contribution in [2.24, 2.45) is 0 Å². The van der Waals surface area contributed by atoms with E-state index in [-0.39, 0.29) is 11.9 Å². The molecule has 0 atom stereocenters. The Bertz CT molecular complexity index is 1040. The third kappa shape index (κ3) is 4.92. The van der Waals surface area contributed by atoms with Gasteiger partial charge in [0.25, 0.3) is 5.91 Å². The van der Waals surface area contributed by atoms with E-state index in [0.717, 1.165) is 17.2 Å². The number of hydrogen-bond acceptors (Lipinski definition) is 4. The summed E-state index contributed by atoms with van der Waals surface area (Å²) in [6.45, 7) is 4.58. The van der Waals surface area contributed by atoms with Gasteiger partial charge in [-0.1, -0.05) is 18.2 Å². The summed E-state index contributed by atoms with van der Waals surface area (Å²) in [4.78, 5) is 31.0. The quantitative estimate of drug-likeness (QED) is 0.666. The number of nitrogens with one attached hydrogen (secondary N) is 2. The van der Waals surface area contributed by atoms with E-state index in [9.17, 15) is 9.59 Å². The van der Waals surface area contributed by atoms with Crippen LogP contribution in [-0.4, -0.2) is 52.7 Å². The Morgan fingerprint density at radius 3 is 2.45 bits per heavy atom. The molecule has 1 fully saturated rings. The molecule has 8 heteroatoms. The Balaban J connectivity index is 1.34. The van der Waals surface area contributed by atoms with E-state index in [0.29, 0.717) is 44.1 Å². The number of amides is 3. The van der Waals surface area contributed by atoms with E-state index < -0.39 is 0 Å². The Kier molecular flexibility index (Phi) is 6.28. The number of rotatable bonds is 5. The van der Waals surface area contributed by atoms with Crippen LogP contribution in [0.4, 0.5) is 10.5 Å². The molecule has 0 unspecified atom stereocenters. The van der Waals surface area contributed by atoms with Crippen LogP contribution in [0.2, 0.25) is 0 Å². The summed E-state index contributed by atoms with van der Waals surface area (Å²) in [5, 5.41) is 5.66. The molecule has 3 amide bonds. The molecule has 0 spiro atoms.